The number of nitrogens with two attached hydrogens (primary N) is 1. The molecular weight excluding hydrogens is 282 g/mol. The van der Waals surface area contributed by atoms with E-state index in [1.54, 1.807) is 0 Å². The fourth-order valence-electron chi connectivity index (χ4n) is 1.77. The lowest BCUT2D eigenvalue weighted by atomic mass is 10.3. The molecule has 0 fully saturated rings. The summed E-state index contributed by atoms with van der Waals surface area (Å²) in [4.78, 5) is 33.5. The number of aromatic nitrogens is 4. The first-order chi connectivity index (χ1) is 9.81. The molecule has 0 bridgehead atoms. The Morgan fingerprint density at radius 2 is 2.10 bits per heavy atom. The van der Waals surface area contributed by atoms with Crippen LogP contribution in [-0.2, 0) is 14.1 Å². The van der Waals surface area contributed by atoms with Crippen molar-refractivity contribution in [2.45, 2.75) is 0 Å². The summed E-state index contributed by atoms with van der Waals surface area (Å²) in [5, 5.41) is 20.7. The Kier molecular flexibility index (Phi) is 3.40. The zero-order chi connectivity index (χ0) is 15.7. The van der Waals surface area contributed by atoms with Gasteiger partial charge in [-0.3, -0.25) is 29.1 Å². The molecule has 11 nitrogen and oxygen atoms in total. The molecule has 0 radical (unpaired) electrons. The number of anilines is 1. The molecule has 2 rings (SSSR count). The molecule has 0 aliphatic heterocycles. The molecule has 21 heavy (non-hydrogen) atoms. The van der Waals surface area contributed by atoms with Gasteiger partial charge in [0.2, 0.25) is 5.69 Å². The maximum absolute atomic E-state index is 12.1. The first kappa shape index (κ1) is 14.2. The van der Waals surface area contributed by atoms with Crippen LogP contribution in [0.5, 0.6) is 0 Å². The minimum Gasteiger partial charge on any atom is -0.364 e. The van der Waals surface area contributed by atoms with Gasteiger partial charge < -0.3 is 11.1 Å². The van der Waals surface area contributed by atoms with Crippen molar-refractivity contribution in [3.63, 3.8) is 0 Å². The third-order valence-corrected chi connectivity index (χ3v) is 2.64. The average Bonchev–Trinajstić information content (AvgIpc) is 2.93. The van der Waals surface area contributed by atoms with Crippen LogP contribution in [0.25, 0.3) is 0 Å². The van der Waals surface area contributed by atoms with Crippen LogP contribution >= 0.6 is 0 Å². The Morgan fingerprint density at radius 1 is 1.43 bits per heavy atom. The standard InChI is InChI=1S/C10H11N7O4/c1-15-4-6(17(20)21)7(14-15)10(19)13-5-3-12-16(2)8(5)9(11)18/h3-4H,1-2H3,(H2,11,18)(H,13,19). The van der Waals surface area contributed by atoms with E-state index in [-0.39, 0.29) is 17.1 Å². The minimum atomic E-state index is -0.835. The number of aryl methyl sites for hydroxylation is 2. The normalized spacial score (nSPS) is 10.4. The van der Waals surface area contributed by atoms with E-state index >= 15 is 0 Å². The number of rotatable bonds is 4. The molecule has 110 valence electrons. The van der Waals surface area contributed by atoms with E-state index in [1.807, 2.05) is 0 Å². The number of nitro groups is 1. The monoisotopic (exact) mass is 293 g/mol. The molecule has 0 aliphatic rings. The SMILES string of the molecule is Cn1cc([N+](=O)[O-])c(C(=O)Nc2cnn(C)c2C(N)=O)n1. The third kappa shape index (κ3) is 2.56. The van der Waals surface area contributed by atoms with Crippen molar-refractivity contribution in [3.05, 3.63) is 33.9 Å². The predicted octanol–water partition coefficient (Wildman–Crippen LogP) is -0.587. The molecule has 0 saturated heterocycles. The summed E-state index contributed by atoms with van der Waals surface area (Å²) >= 11 is 0. The van der Waals surface area contributed by atoms with Gasteiger partial charge in [0.05, 0.1) is 16.8 Å². The molecule has 3 N–H and O–H groups in total. The maximum atomic E-state index is 12.1. The summed E-state index contributed by atoms with van der Waals surface area (Å²) < 4.78 is 2.33. The highest BCUT2D eigenvalue weighted by Gasteiger charge is 2.26. The Hall–Kier alpha value is -3.24. The third-order valence-electron chi connectivity index (χ3n) is 2.64. The molecule has 11 heteroatoms. The molecule has 2 heterocycles. The number of hydrogen-bond donors (Lipinski definition) is 2. The van der Waals surface area contributed by atoms with Crippen molar-refractivity contribution < 1.29 is 14.5 Å². The topological polar surface area (TPSA) is 151 Å². The second kappa shape index (κ2) is 5.03. The van der Waals surface area contributed by atoms with Gasteiger partial charge in [0, 0.05) is 14.1 Å². The molecule has 2 aromatic rings. The number of nitrogens with zero attached hydrogens (tertiary/aromatic N) is 5. The van der Waals surface area contributed by atoms with E-state index in [1.165, 1.54) is 25.0 Å². The number of hydrogen-bond acceptors (Lipinski definition) is 6. The van der Waals surface area contributed by atoms with Crippen LogP contribution in [0.1, 0.15) is 21.0 Å². The first-order valence-corrected chi connectivity index (χ1v) is 5.62. The van der Waals surface area contributed by atoms with Gasteiger partial charge in [-0.2, -0.15) is 10.2 Å². The minimum absolute atomic E-state index is 0.0260. The van der Waals surface area contributed by atoms with Crippen molar-refractivity contribution in [1.82, 2.24) is 19.6 Å². The van der Waals surface area contributed by atoms with Crippen molar-refractivity contribution >= 4 is 23.2 Å². The molecule has 0 spiro atoms. The number of primary amides is 1. The quantitative estimate of drug-likeness (QED) is 0.568. The van der Waals surface area contributed by atoms with E-state index in [2.05, 4.69) is 15.5 Å². The molecule has 0 unspecified atom stereocenters. The summed E-state index contributed by atoms with van der Waals surface area (Å²) in [6.45, 7) is 0. The number of nitrogens with one attached hydrogen (secondary N) is 1. The van der Waals surface area contributed by atoms with E-state index in [4.69, 9.17) is 5.73 Å². The fraction of sp³-hybridized carbons (Fsp3) is 0.200. The molecule has 0 aromatic carbocycles. The highest BCUT2D eigenvalue weighted by molar-refractivity contribution is 6.08. The van der Waals surface area contributed by atoms with Crippen LogP contribution in [0.3, 0.4) is 0 Å². The Morgan fingerprint density at radius 3 is 2.67 bits per heavy atom. The van der Waals surface area contributed by atoms with E-state index in [0.717, 1.165) is 10.9 Å². The summed E-state index contributed by atoms with van der Waals surface area (Å²) in [6.07, 6.45) is 2.32. The Bertz CT molecular complexity index is 745. The zero-order valence-corrected chi connectivity index (χ0v) is 11.1. The van der Waals surface area contributed by atoms with Gasteiger partial charge in [-0.1, -0.05) is 0 Å². The van der Waals surface area contributed by atoms with Crippen LogP contribution in [0.15, 0.2) is 12.4 Å². The number of amides is 2. The summed E-state index contributed by atoms with van der Waals surface area (Å²) in [5.41, 5.74) is 4.38. The van der Waals surface area contributed by atoms with E-state index in [0.29, 0.717) is 0 Å². The lowest BCUT2D eigenvalue weighted by Gasteiger charge is -2.03. The highest BCUT2D eigenvalue weighted by Crippen LogP contribution is 2.19. The maximum Gasteiger partial charge on any atom is 0.320 e. The lowest BCUT2D eigenvalue weighted by Crippen LogP contribution is -2.20. The summed E-state index contributed by atoms with van der Waals surface area (Å²) in [7, 11) is 2.92. The van der Waals surface area contributed by atoms with Gasteiger partial charge in [-0.05, 0) is 0 Å². The van der Waals surface area contributed by atoms with Gasteiger partial charge >= 0.3 is 5.69 Å². The van der Waals surface area contributed by atoms with Crippen LogP contribution < -0.4 is 11.1 Å². The van der Waals surface area contributed by atoms with Crippen molar-refractivity contribution in [3.8, 4) is 0 Å². The van der Waals surface area contributed by atoms with Gasteiger partial charge in [0.15, 0.2) is 0 Å². The highest BCUT2D eigenvalue weighted by atomic mass is 16.6. The molecular formula is C10H11N7O4. The number of carbonyl (C=O) groups is 2. The van der Waals surface area contributed by atoms with Crippen LogP contribution in [-0.4, -0.2) is 36.3 Å². The van der Waals surface area contributed by atoms with Crippen molar-refractivity contribution in [1.29, 1.82) is 0 Å². The van der Waals surface area contributed by atoms with Crippen LogP contribution in [0.2, 0.25) is 0 Å². The molecule has 2 aromatic heterocycles. The second-order valence-electron chi connectivity index (χ2n) is 4.14. The smallest absolute Gasteiger partial charge is 0.320 e. The van der Waals surface area contributed by atoms with Gasteiger partial charge in [0.1, 0.15) is 11.9 Å². The summed E-state index contributed by atoms with van der Waals surface area (Å²) in [6, 6.07) is 0. The lowest BCUT2D eigenvalue weighted by molar-refractivity contribution is -0.385. The van der Waals surface area contributed by atoms with Crippen LogP contribution in [0, 0.1) is 10.1 Å². The largest absolute Gasteiger partial charge is 0.364 e. The van der Waals surface area contributed by atoms with Gasteiger partial charge in [-0.15, -0.1) is 0 Å². The van der Waals surface area contributed by atoms with Crippen LogP contribution in [0.4, 0.5) is 11.4 Å². The van der Waals surface area contributed by atoms with E-state index in [9.17, 15) is 19.7 Å². The van der Waals surface area contributed by atoms with Gasteiger partial charge in [-0.25, -0.2) is 0 Å². The molecule has 0 atom stereocenters. The van der Waals surface area contributed by atoms with E-state index < -0.39 is 22.4 Å². The predicted molar refractivity (Wildman–Crippen MR) is 69.5 cm³/mol. The van der Waals surface area contributed by atoms with Gasteiger partial charge in [0.25, 0.3) is 11.8 Å². The fourth-order valence-corrected chi connectivity index (χ4v) is 1.77. The molecule has 0 saturated carbocycles. The zero-order valence-electron chi connectivity index (χ0n) is 11.1. The Balaban J connectivity index is 2.35. The number of carbonyl (C=O) groups excluding carboxylic acids is 2. The molecule has 0 aliphatic carbocycles. The summed E-state index contributed by atoms with van der Waals surface area (Å²) in [5.74, 6) is -1.63. The van der Waals surface area contributed by atoms with Crippen molar-refractivity contribution in [2.75, 3.05) is 5.32 Å². The Labute approximate surface area is 117 Å². The molecule has 2 amide bonds. The second-order valence-corrected chi connectivity index (χ2v) is 4.14. The average molecular weight is 293 g/mol. The first-order valence-electron chi connectivity index (χ1n) is 5.62. The van der Waals surface area contributed by atoms with Crippen molar-refractivity contribution in [2.24, 2.45) is 19.8 Å².